The third kappa shape index (κ3) is 4.91. The molecule has 2 rings (SSSR count). The normalized spacial score (nSPS) is 11.8. The first-order chi connectivity index (χ1) is 12.2. The van der Waals surface area contributed by atoms with E-state index in [1.54, 1.807) is 13.1 Å². The number of likely N-dealkylation sites (N-methyl/N-ethyl adjacent to an activating group) is 1. The molecule has 6 nitrogen and oxygen atoms in total. The fourth-order valence-electron chi connectivity index (χ4n) is 2.23. The minimum Gasteiger partial charge on any atom is -0.398 e. The molecule has 0 saturated carbocycles. The van der Waals surface area contributed by atoms with E-state index in [4.69, 9.17) is 9.68 Å². The van der Waals surface area contributed by atoms with E-state index in [1.165, 1.54) is 7.11 Å². The molecule has 6 heteroatoms. The summed E-state index contributed by atoms with van der Waals surface area (Å²) in [6.07, 6.45) is 0. The third-order valence-electron chi connectivity index (χ3n) is 3.51. The van der Waals surface area contributed by atoms with Crippen molar-refractivity contribution >= 4 is 17.3 Å². The van der Waals surface area contributed by atoms with Crippen molar-refractivity contribution in [3.63, 3.8) is 0 Å². The molecule has 0 aromatic heterocycles. The van der Waals surface area contributed by atoms with Crippen molar-refractivity contribution in [2.75, 3.05) is 14.2 Å². The minimum absolute atomic E-state index is 0.188. The van der Waals surface area contributed by atoms with E-state index in [-0.39, 0.29) is 18.2 Å². The summed E-state index contributed by atoms with van der Waals surface area (Å²) in [5.74, 6) is -0.335. The van der Waals surface area contributed by atoms with Gasteiger partial charge in [0.1, 0.15) is 13.7 Å². The highest BCUT2D eigenvalue weighted by Crippen LogP contribution is 2.13. The molecule has 0 unspecified atom stereocenters. The summed E-state index contributed by atoms with van der Waals surface area (Å²) in [5, 5.41) is 10.5. The number of nitrogens with zero attached hydrogens (tertiary/aromatic N) is 2. The number of nitrogens with one attached hydrogen (secondary N) is 1. The minimum atomic E-state index is -0.335. The molecule has 130 valence electrons. The van der Waals surface area contributed by atoms with Crippen LogP contribution in [0.3, 0.4) is 0 Å². The number of oxime groups is 2. The SMILES string of the molecule is CNC(=O)/C(=N/OC)c1ccccc1CO/N=C(\C)c1ccccc1. The van der Waals surface area contributed by atoms with Crippen LogP contribution in [0, 0.1) is 0 Å². The van der Waals surface area contributed by atoms with Crippen LogP contribution in [0.25, 0.3) is 0 Å². The van der Waals surface area contributed by atoms with Gasteiger partial charge >= 0.3 is 0 Å². The number of carbonyl (C=O) groups excluding carboxylic acids is 1. The second kappa shape index (κ2) is 9.22. The van der Waals surface area contributed by atoms with E-state index in [9.17, 15) is 4.79 Å². The van der Waals surface area contributed by atoms with E-state index < -0.39 is 0 Å². The van der Waals surface area contributed by atoms with Crippen molar-refractivity contribution in [3.05, 3.63) is 71.3 Å². The molecule has 0 aliphatic carbocycles. The molecule has 0 fully saturated rings. The first-order valence-corrected chi connectivity index (χ1v) is 7.80. The highest BCUT2D eigenvalue weighted by molar-refractivity contribution is 6.45. The molecular weight excluding hydrogens is 318 g/mol. The standard InChI is InChI=1S/C19H21N3O3/c1-14(15-9-5-4-6-10-15)21-25-13-16-11-7-8-12-17(16)18(22-24-3)19(23)20-2/h4-12H,13H2,1-3H3,(H,20,23)/b21-14+,22-18+. The highest BCUT2D eigenvalue weighted by atomic mass is 16.6. The first kappa shape index (κ1) is 18.2. The molecule has 0 radical (unpaired) electrons. The second-order valence-corrected chi connectivity index (χ2v) is 5.17. The Balaban J connectivity index is 2.18. The summed E-state index contributed by atoms with van der Waals surface area (Å²) < 4.78 is 0. The molecule has 0 bridgehead atoms. The van der Waals surface area contributed by atoms with Gasteiger partial charge in [0.15, 0.2) is 5.71 Å². The van der Waals surface area contributed by atoms with Gasteiger partial charge in [-0.2, -0.15) is 0 Å². The van der Waals surface area contributed by atoms with Crippen LogP contribution in [0.15, 0.2) is 64.9 Å². The van der Waals surface area contributed by atoms with Crippen molar-refractivity contribution in [2.24, 2.45) is 10.3 Å². The van der Waals surface area contributed by atoms with Crippen molar-refractivity contribution in [1.82, 2.24) is 5.32 Å². The maximum Gasteiger partial charge on any atom is 0.273 e. The molecule has 0 heterocycles. The van der Waals surface area contributed by atoms with Gasteiger partial charge < -0.3 is 15.0 Å². The lowest BCUT2D eigenvalue weighted by atomic mass is 10.0. The van der Waals surface area contributed by atoms with E-state index >= 15 is 0 Å². The number of hydrogen-bond acceptors (Lipinski definition) is 5. The van der Waals surface area contributed by atoms with Gasteiger partial charge in [0.2, 0.25) is 0 Å². The zero-order valence-corrected chi connectivity index (χ0v) is 14.5. The van der Waals surface area contributed by atoms with Gasteiger partial charge in [0.25, 0.3) is 5.91 Å². The van der Waals surface area contributed by atoms with Gasteiger partial charge in [-0.3, -0.25) is 4.79 Å². The van der Waals surface area contributed by atoms with Gasteiger partial charge in [-0.1, -0.05) is 64.9 Å². The quantitative estimate of drug-likeness (QED) is 0.623. The van der Waals surface area contributed by atoms with Gasteiger partial charge in [-0.05, 0) is 12.5 Å². The number of carbonyl (C=O) groups is 1. The zero-order valence-electron chi connectivity index (χ0n) is 14.5. The maximum absolute atomic E-state index is 12.0. The van der Waals surface area contributed by atoms with E-state index in [2.05, 4.69) is 15.6 Å². The van der Waals surface area contributed by atoms with Gasteiger partial charge in [0, 0.05) is 18.2 Å². The molecule has 0 spiro atoms. The number of amides is 1. The van der Waals surface area contributed by atoms with Gasteiger partial charge in [-0.15, -0.1) is 0 Å². The van der Waals surface area contributed by atoms with Crippen LogP contribution in [0.1, 0.15) is 23.6 Å². The Morgan fingerprint density at radius 2 is 1.72 bits per heavy atom. The first-order valence-electron chi connectivity index (χ1n) is 7.80. The molecule has 2 aromatic rings. The summed E-state index contributed by atoms with van der Waals surface area (Å²) >= 11 is 0. The van der Waals surface area contributed by atoms with Crippen molar-refractivity contribution < 1.29 is 14.5 Å². The molecule has 1 amide bonds. The average molecular weight is 339 g/mol. The summed E-state index contributed by atoms with van der Waals surface area (Å²) in [4.78, 5) is 22.3. The fourth-order valence-corrected chi connectivity index (χ4v) is 2.23. The monoisotopic (exact) mass is 339 g/mol. The van der Waals surface area contributed by atoms with Crippen LogP contribution in [0.2, 0.25) is 0 Å². The molecule has 0 saturated heterocycles. The topological polar surface area (TPSA) is 72.3 Å². The van der Waals surface area contributed by atoms with Crippen LogP contribution in [-0.2, 0) is 21.1 Å². The van der Waals surface area contributed by atoms with Crippen molar-refractivity contribution in [1.29, 1.82) is 0 Å². The molecule has 0 atom stereocenters. The van der Waals surface area contributed by atoms with Crippen LogP contribution in [0.5, 0.6) is 0 Å². The molecule has 0 aliphatic heterocycles. The molecule has 1 N–H and O–H groups in total. The second-order valence-electron chi connectivity index (χ2n) is 5.17. The Morgan fingerprint density at radius 1 is 1.04 bits per heavy atom. The fraction of sp³-hybridized carbons (Fsp3) is 0.211. The summed E-state index contributed by atoms with van der Waals surface area (Å²) in [6, 6.07) is 17.1. The van der Waals surface area contributed by atoms with E-state index in [1.807, 2.05) is 55.5 Å². The van der Waals surface area contributed by atoms with Crippen LogP contribution >= 0.6 is 0 Å². The lowest BCUT2D eigenvalue weighted by Gasteiger charge is -2.10. The Kier molecular flexibility index (Phi) is 6.71. The average Bonchev–Trinajstić information content (AvgIpc) is 2.66. The van der Waals surface area contributed by atoms with Crippen molar-refractivity contribution in [3.8, 4) is 0 Å². The predicted octanol–water partition coefficient (Wildman–Crippen LogP) is 2.72. The Hall–Kier alpha value is -3.15. The lowest BCUT2D eigenvalue weighted by Crippen LogP contribution is -2.29. The number of hydrogen-bond donors (Lipinski definition) is 1. The molecular formula is C19H21N3O3. The van der Waals surface area contributed by atoms with Crippen LogP contribution in [0.4, 0.5) is 0 Å². The van der Waals surface area contributed by atoms with E-state index in [0.29, 0.717) is 5.56 Å². The smallest absolute Gasteiger partial charge is 0.273 e. The van der Waals surface area contributed by atoms with Gasteiger partial charge in [0.05, 0.1) is 5.71 Å². The largest absolute Gasteiger partial charge is 0.398 e. The highest BCUT2D eigenvalue weighted by Gasteiger charge is 2.17. The van der Waals surface area contributed by atoms with Crippen molar-refractivity contribution in [2.45, 2.75) is 13.5 Å². The zero-order chi connectivity index (χ0) is 18.1. The molecule has 0 aliphatic rings. The Morgan fingerprint density at radius 3 is 2.40 bits per heavy atom. The molecule has 25 heavy (non-hydrogen) atoms. The maximum atomic E-state index is 12.0. The third-order valence-corrected chi connectivity index (χ3v) is 3.51. The summed E-state index contributed by atoms with van der Waals surface area (Å²) in [6.45, 7) is 2.09. The summed E-state index contributed by atoms with van der Waals surface area (Å²) in [7, 11) is 2.94. The number of rotatable bonds is 7. The number of benzene rings is 2. The Bertz CT molecular complexity index is 770. The summed E-state index contributed by atoms with van der Waals surface area (Å²) in [5.41, 5.74) is 3.37. The predicted molar refractivity (Wildman–Crippen MR) is 97.5 cm³/mol. The van der Waals surface area contributed by atoms with E-state index in [0.717, 1.165) is 16.8 Å². The Labute approximate surface area is 147 Å². The van der Waals surface area contributed by atoms with Crippen LogP contribution in [-0.4, -0.2) is 31.5 Å². The lowest BCUT2D eigenvalue weighted by molar-refractivity contribution is -0.114. The van der Waals surface area contributed by atoms with Crippen LogP contribution < -0.4 is 5.32 Å². The van der Waals surface area contributed by atoms with Gasteiger partial charge in [-0.25, -0.2) is 0 Å². The molecule has 2 aromatic carbocycles.